The summed E-state index contributed by atoms with van der Waals surface area (Å²) >= 11 is 0. The first kappa shape index (κ1) is 15.3. The number of hydrogen-bond acceptors (Lipinski definition) is 4. The molecule has 5 nitrogen and oxygen atoms in total. The van der Waals surface area contributed by atoms with Crippen molar-refractivity contribution in [3.05, 3.63) is 24.0 Å². The van der Waals surface area contributed by atoms with E-state index in [1.54, 1.807) is 18.5 Å². The topological polar surface area (TPSA) is 69.0 Å². The number of aromatic nitrogens is 1. The zero-order valence-electron chi connectivity index (χ0n) is 12.9. The molecule has 0 bridgehead atoms. The fraction of sp³-hybridized carbons (Fsp3) is 0.562. The Bertz CT molecular complexity index is 556. The lowest BCUT2D eigenvalue weighted by Crippen LogP contribution is -2.48. The van der Waals surface area contributed by atoms with Crippen LogP contribution in [0, 0.1) is 17.2 Å². The van der Waals surface area contributed by atoms with E-state index in [1.807, 2.05) is 20.8 Å². The van der Waals surface area contributed by atoms with Crippen molar-refractivity contribution in [3.63, 3.8) is 0 Å². The number of hydrogen-bond donors (Lipinski definition) is 1. The van der Waals surface area contributed by atoms with E-state index in [9.17, 15) is 10.1 Å². The molecule has 21 heavy (non-hydrogen) atoms. The van der Waals surface area contributed by atoms with Gasteiger partial charge in [0.25, 0.3) is 0 Å². The minimum Gasteiger partial charge on any atom is -0.368 e. The molecule has 1 aromatic heterocycles. The maximum Gasteiger partial charge on any atom is 0.225 e. The smallest absolute Gasteiger partial charge is 0.225 e. The third-order valence-corrected chi connectivity index (χ3v) is 3.55. The van der Waals surface area contributed by atoms with Gasteiger partial charge in [-0.15, -0.1) is 0 Å². The van der Waals surface area contributed by atoms with Gasteiger partial charge in [0.05, 0.1) is 23.4 Å². The van der Waals surface area contributed by atoms with Crippen LogP contribution in [0.25, 0.3) is 0 Å². The molecule has 0 saturated carbocycles. The average molecular weight is 286 g/mol. The van der Waals surface area contributed by atoms with E-state index in [-0.39, 0.29) is 17.4 Å². The molecule has 1 N–H and O–H groups in total. The lowest BCUT2D eigenvalue weighted by atomic mass is 9.95. The van der Waals surface area contributed by atoms with E-state index in [0.717, 1.165) is 25.1 Å². The van der Waals surface area contributed by atoms with Crippen molar-refractivity contribution >= 4 is 11.6 Å². The Morgan fingerprint density at radius 2 is 2.29 bits per heavy atom. The summed E-state index contributed by atoms with van der Waals surface area (Å²) in [5.41, 5.74) is 1.22. The number of carbonyl (C=O) groups is 1. The maximum absolute atomic E-state index is 12.3. The van der Waals surface area contributed by atoms with Gasteiger partial charge in [-0.25, -0.2) is 0 Å². The highest BCUT2D eigenvalue weighted by atomic mass is 16.2. The predicted molar refractivity (Wildman–Crippen MR) is 81.8 cm³/mol. The van der Waals surface area contributed by atoms with Crippen LogP contribution in [0.1, 0.15) is 39.2 Å². The van der Waals surface area contributed by atoms with E-state index < -0.39 is 0 Å². The molecule has 2 rings (SSSR count). The number of rotatable bonds is 2. The normalized spacial score (nSPS) is 19.0. The molecule has 0 aliphatic carbocycles. The summed E-state index contributed by atoms with van der Waals surface area (Å²) in [6, 6.07) is 3.91. The van der Waals surface area contributed by atoms with Crippen molar-refractivity contribution < 1.29 is 4.79 Å². The molecule has 0 spiro atoms. The van der Waals surface area contributed by atoms with Gasteiger partial charge >= 0.3 is 0 Å². The third kappa shape index (κ3) is 3.94. The zero-order chi connectivity index (χ0) is 15.5. The van der Waals surface area contributed by atoms with Crippen LogP contribution in [0.3, 0.4) is 0 Å². The monoisotopic (exact) mass is 286 g/mol. The van der Waals surface area contributed by atoms with Gasteiger partial charge in [0, 0.05) is 24.8 Å². The van der Waals surface area contributed by atoms with Gasteiger partial charge < -0.3 is 10.2 Å². The van der Waals surface area contributed by atoms with Gasteiger partial charge in [-0.05, 0) is 39.7 Å². The lowest BCUT2D eigenvalue weighted by molar-refractivity contribution is -0.126. The molecule has 1 saturated heterocycles. The molecule has 1 aromatic rings. The van der Waals surface area contributed by atoms with Crippen LogP contribution in [-0.4, -0.2) is 29.5 Å². The zero-order valence-corrected chi connectivity index (χ0v) is 12.9. The molecule has 1 aliphatic heterocycles. The number of nitrogens with zero attached hydrogens (tertiary/aromatic N) is 3. The van der Waals surface area contributed by atoms with Gasteiger partial charge in [-0.3, -0.25) is 9.78 Å². The summed E-state index contributed by atoms with van der Waals surface area (Å²) in [6.07, 6.45) is 5.17. The standard InChI is InChI=1S/C16H22N4O/c1-16(2,3)19-15(21)13-5-4-8-20(11-13)14-10-18-7-6-12(14)9-17/h6-7,10,13H,4-5,8,11H2,1-3H3,(H,19,21). The van der Waals surface area contributed by atoms with Crippen molar-refractivity contribution in [1.29, 1.82) is 5.26 Å². The number of anilines is 1. The first-order valence-electron chi connectivity index (χ1n) is 7.32. The van der Waals surface area contributed by atoms with Gasteiger partial charge in [0.1, 0.15) is 6.07 Å². The number of piperidine rings is 1. The molecule has 1 atom stereocenters. The maximum atomic E-state index is 12.3. The molecule has 112 valence electrons. The Morgan fingerprint density at radius 1 is 1.52 bits per heavy atom. The summed E-state index contributed by atoms with van der Waals surface area (Å²) in [6.45, 7) is 7.46. The van der Waals surface area contributed by atoms with Crippen molar-refractivity contribution in [2.24, 2.45) is 5.92 Å². The Labute approximate surface area is 126 Å². The van der Waals surface area contributed by atoms with E-state index in [0.29, 0.717) is 12.1 Å². The van der Waals surface area contributed by atoms with Gasteiger partial charge in [-0.2, -0.15) is 5.26 Å². The largest absolute Gasteiger partial charge is 0.368 e. The van der Waals surface area contributed by atoms with Crippen LogP contribution in [-0.2, 0) is 4.79 Å². The minimum atomic E-state index is -0.217. The second-order valence-corrected chi connectivity index (χ2v) is 6.53. The van der Waals surface area contributed by atoms with Crippen molar-refractivity contribution in [2.75, 3.05) is 18.0 Å². The third-order valence-electron chi connectivity index (χ3n) is 3.55. The molecule has 1 fully saturated rings. The summed E-state index contributed by atoms with van der Waals surface area (Å²) < 4.78 is 0. The average Bonchev–Trinajstić information content (AvgIpc) is 2.45. The Balaban J connectivity index is 2.11. The van der Waals surface area contributed by atoms with Gasteiger partial charge in [0.2, 0.25) is 5.91 Å². The molecule has 1 aliphatic rings. The first-order valence-corrected chi connectivity index (χ1v) is 7.32. The molecule has 2 heterocycles. The quantitative estimate of drug-likeness (QED) is 0.903. The fourth-order valence-corrected chi connectivity index (χ4v) is 2.61. The second-order valence-electron chi connectivity index (χ2n) is 6.53. The van der Waals surface area contributed by atoms with Crippen molar-refractivity contribution in [2.45, 2.75) is 39.2 Å². The highest BCUT2D eigenvalue weighted by molar-refractivity contribution is 5.80. The summed E-state index contributed by atoms with van der Waals surface area (Å²) in [4.78, 5) is 18.5. The van der Waals surface area contributed by atoms with E-state index in [4.69, 9.17) is 0 Å². The highest BCUT2D eigenvalue weighted by Crippen LogP contribution is 2.25. The molecule has 5 heteroatoms. The van der Waals surface area contributed by atoms with Crippen molar-refractivity contribution in [1.82, 2.24) is 10.3 Å². The van der Waals surface area contributed by atoms with Gasteiger partial charge in [0.15, 0.2) is 0 Å². The van der Waals surface area contributed by atoms with E-state index in [2.05, 4.69) is 21.3 Å². The Kier molecular flexibility index (Phi) is 4.46. The van der Waals surface area contributed by atoms with E-state index in [1.165, 1.54) is 0 Å². The van der Waals surface area contributed by atoms with Crippen LogP contribution in [0.15, 0.2) is 18.5 Å². The molecule has 1 amide bonds. The number of carbonyl (C=O) groups excluding carboxylic acids is 1. The van der Waals surface area contributed by atoms with Crippen LogP contribution in [0.4, 0.5) is 5.69 Å². The number of amides is 1. The Hall–Kier alpha value is -2.09. The fourth-order valence-electron chi connectivity index (χ4n) is 2.61. The Morgan fingerprint density at radius 3 is 2.95 bits per heavy atom. The molecule has 0 radical (unpaired) electrons. The van der Waals surface area contributed by atoms with Crippen LogP contribution in [0.2, 0.25) is 0 Å². The highest BCUT2D eigenvalue weighted by Gasteiger charge is 2.29. The number of pyridine rings is 1. The van der Waals surface area contributed by atoms with Crippen molar-refractivity contribution in [3.8, 4) is 6.07 Å². The summed E-state index contributed by atoms with van der Waals surface area (Å²) in [5.74, 6) is 0.0549. The SMILES string of the molecule is CC(C)(C)NC(=O)C1CCCN(c2cnccc2C#N)C1. The van der Waals surface area contributed by atoms with Crippen LogP contribution >= 0.6 is 0 Å². The predicted octanol–water partition coefficient (Wildman–Crippen LogP) is 2.08. The second kappa shape index (κ2) is 6.13. The number of nitrogens with one attached hydrogen (secondary N) is 1. The first-order chi connectivity index (χ1) is 9.90. The molecular formula is C16H22N4O. The number of nitriles is 1. The van der Waals surface area contributed by atoms with E-state index >= 15 is 0 Å². The molecule has 0 aromatic carbocycles. The summed E-state index contributed by atoms with van der Waals surface area (Å²) in [7, 11) is 0. The van der Waals surface area contributed by atoms with Gasteiger partial charge in [-0.1, -0.05) is 0 Å². The van der Waals surface area contributed by atoms with Crippen LogP contribution < -0.4 is 10.2 Å². The summed E-state index contributed by atoms with van der Waals surface area (Å²) in [5, 5.41) is 12.2. The van der Waals surface area contributed by atoms with Crippen LogP contribution in [0.5, 0.6) is 0 Å². The lowest BCUT2D eigenvalue weighted by Gasteiger charge is -2.35. The molecule has 1 unspecified atom stereocenters. The minimum absolute atomic E-state index is 0.0373. The molecular weight excluding hydrogens is 264 g/mol.